The molecule has 22 heavy (non-hydrogen) atoms. The first-order valence-corrected chi connectivity index (χ1v) is 7.93. The molecule has 1 rings (SSSR count). The molecule has 0 radical (unpaired) electrons. The van der Waals surface area contributed by atoms with Gasteiger partial charge < -0.3 is 25.8 Å². The molecule has 1 fully saturated rings. The zero-order chi connectivity index (χ0) is 16.7. The number of carboxylic acid groups (broad SMARTS) is 1. The highest BCUT2D eigenvalue weighted by atomic mass is 16.4. The van der Waals surface area contributed by atoms with Gasteiger partial charge in [0.25, 0.3) is 0 Å². The Labute approximate surface area is 131 Å². The average Bonchev–Trinajstić information content (AvgIpc) is 2.79. The van der Waals surface area contributed by atoms with Gasteiger partial charge in [0.05, 0.1) is 0 Å². The standard InChI is InChI=1S/C14H27BN2O5/c1-9(2)5-6-12(18)17-11-8-16-13(14(19)20)10(11)4-3-7-15(21)22/h9-11,13,16,21-22H,3-8H2,1-2H3,(H,17,18)(H,19,20)/t10-,11?,13+/m1/s1. The van der Waals surface area contributed by atoms with Crippen LogP contribution in [0.25, 0.3) is 0 Å². The summed E-state index contributed by atoms with van der Waals surface area (Å²) in [4.78, 5) is 23.2. The Hall–Kier alpha value is -1.12. The van der Waals surface area contributed by atoms with Crippen molar-refractivity contribution in [1.82, 2.24) is 10.6 Å². The summed E-state index contributed by atoms with van der Waals surface area (Å²) in [6, 6.07) is -0.928. The Kier molecular flexibility index (Phi) is 7.85. The molecule has 0 spiro atoms. The van der Waals surface area contributed by atoms with Crippen LogP contribution in [0.15, 0.2) is 0 Å². The van der Waals surface area contributed by atoms with Crippen molar-refractivity contribution in [2.45, 2.75) is 57.9 Å². The fourth-order valence-corrected chi connectivity index (χ4v) is 2.82. The molecule has 7 nitrogen and oxygen atoms in total. The molecule has 0 saturated carbocycles. The van der Waals surface area contributed by atoms with E-state index in [4.69, 9.17) is 10.0 Å². The Morgan fingerprint density at radius 1 is 1.36 bits per heavy atom. The second-order valence-electron chi connectivity index (χ2n) is 6.41. The fraction of sp³-hybridized carbons (Fsp3) is 0.857. The van der Waals surface area contributed by atoms with Gasteiger partial charge in [-0.2, -0.15) is 0 Å². The highest BCUT2D eigenvalue weighted by Gasteiger charge is 2.40. The molecule has 1 unspecified atom stereocenters. The minimum absolute atomic E-state index is 0.0567. The van der Waals surface area contributed by atoms with Crippen LogP contribution in [-0.2, 0) is 9.59 Å². The largest absolute Gasteiger partial charge is 0.480 e. The van der Waals surface area contributed by atoms with Crippen molar-refractivity contribution >= 4 is 19.0 Å². The van der Waals surface area contributed by atoms with Crippen molar-refractivity contribution < 1.29 is 24.7 Å². The number of aliphatic carboxylic acids is 1. The van der Waals surface area contributed by atoms with Crippen LogP contribution in [0.3, 0.4) is 0 Å². The van der Waals surface area contributed by atoms with Crippen molar-refractivity contribution in [2.75, 3.05) is 6.54 Å². The summed E-state index contributed by atoms with van der Waals surface area (Å²) in [5.41, 5.74) is 0. The van der Waals surface area contributed by atoms with Gasteiger partial charge in [-0.05, 0) is 25.1 Å². The van der Waals surface area contributed by atoms with Gasteiger partial charge in [0.2, 0.25) is 5.91 Å². The zero-order valence-corrected chi connectivity index (χ0v) is 13.3. The number of hydrogen-bond donors (Lipinski definition) is 5. The molecule has 0 bridgehead atoms. The van der Waals surface area contributed by atoms with Crippen LogP contribution in [-0.4, -0.2) is 52.8 Å². The molecule has 3 atom stereocenters. The van der Waals surface area contributed by atoms with Crippen LogP contribution in [0.5, 0.6) is 0 Å². The van der Waals surface area contributed by atoms with Gasteiger partial charge in [-0.1, -0.05) is 20.3 Å². The summed E-state index contributed by atoms with van der Waals surface area (Å²) in [7, 11) is -1.38. The lowest BCUT2D eigenvalue weighted by atomic mass is 9.80. The van der Waals surface area contributed by atoms with Gasteiger partial charge in [-0.15, -0.1) is 0 Å². The van der Waals surface area contributed by atoms with Gasteiger partial charge in [0.15, 0.2) is 0 Å². The molecule has 0 aromatic rings. The molecular formula is C14H27BN2O5. The van der Waals surface area contributed by atoms with E-state index in [1.165, 1.54) is 0 Å². The predicted molar refractivity (Wildman–Crippen MR) is 83.2 cm³/mol. The first-order valence-electron chi connectivity index (χ1n) is 7.93. The zero-order valence-electron chi connectivity index (χ0n) is 13.3. The highest BCUT2D eigenvalue weighted by molar-refractivity contribution is 6.40. The highest BCUT2D eigenvalue weighted by Crippen LogP contribution is 2.23. The van der Waals surface area contributed by atoms with Gasteiger partial charge >= 0.3 is 13.1 Å². The van der Waals surface area contributed by atoms with Gasteiger partial charge in [0, 0.05) is 24.9 Å². The van der Waals surface area contributed by atoms with Crippen molar-refractivity contribution in [1.29, 1.82) is 0 Å². The Morgan fingerprint density at radius 3 is 2.59 bits per heavy atom. The van der Waals surface area contributed by atoms with Crippen LogP contribution < -0.4 is 10.6 Å². The molecule has 126 valence electrons. The number of rotatable bonds is 9. The maximum atomic E-state index is 11.9. The minimum Gasteiger partial charge on any atom is -0.480 e. The van der Waals surface area contributed by atoms with Gasteiger partial charge in [-0.25, -0.2) is 0 Å². The van der Waals surface area contributed by atoms with Crippen LogP contribution >= 0.6 is 0 Å². The summed E-state index contributed by atoms with van der Waals surface area (Å²) in [5, 5.41) is 32.9. The first kappa shape index (κ1) is 18.9. The first-order chi connectivity index (χ1) is 10.3. The summed E-state index contributed by atoms with van der Waals surface area (Å²) in [6.07, 6.45) is 2.48. The monoisotopic (exact) mass is 314 g/mol. The lowest BCUT2D eigenvalue weighted by Gasteiger charge is -2.23. The van der Waals surface area contributed by atoms with Gasteiger partial charge in [0.1, 0.15) is 6.04 Å². The maximum absolute atomic E-state index is 11.9. The van der Waals surface area contributed by atoms with Crippen molar-refractivity contribution in [3.05, 3.63) is 0 Å². The maximum Gasteiger partial charge on any atom is 0.451 e. The molecule has 5 N–H and O–H groups in total. The number of amides is 1. The number of carbonyl (C=O) groups excluding carboxylic acids is 1. The summed E-state index contributed by atoms with van der Waals surface area (Å²) >= 11 is 0. The van der Waals surface area contributed by atoms with E-state index in [2.05, 4.69) is 10.6 Å². The second-order valence-corrected chi connectivity index (χ2v) is 6.41. The Balaban J connectivity index is 2.54. The van der Waals surface area contributed by atoms with E-state index in [0.717, 1.165) is 6.42 Å². The third kappa shape index (κ3) is 6.33. The van der Waals surface area contributed by atoms with E-state index in [9.17, 15) is 14.7 Å². The normalized spacial score (nSPS) is 24.5. The quantitative estimate of drug-likeness (QED) is 0.377. The molecule has 8 heteroatoms. The molecule has 1 aliphatic heterocycles. The van der Waals surface area contributed by atoms with Crippen molar-refractivity contribution in [2.24, 2.45) is 11.8 Å². The second kappa shape index (κ2) is 9.12. The van der Waals surface area contributed by atoms with Gasteiger partial charge in [-0.3, -0.25) is 9.59 Å². The number of carbonyl (C=O) groups is 2. The van der Waals surface area contributed by atoms with E-state index in [1.54, 1.807) is 0 Å². The Bertz CT molecular complexity index is 378. The molecular weight excluding hydrogens is 287 g/mol. The summed E-state index contributed by atoms with van der Waals surface area (Å²) in [5.74, 6) is -0.785. The molecule has 0 aliphatic carbocycles. The smallest absolute Gasteiger partial charge is 0.451 e. The third-order valence-corrected chi connectivity index (χ3v) is 4.06. The van der Waals surface area contributed by atoms with E-state index < -0.39 is 19.1 Å². The predicted octanol–water partition coefficient (Wildman–Crippen LogP) is -0.167. The lowest BCUT2D eigenvalue weighted by molar-refractivity contribution is -0.140. The molecule has 0 aromatic heterocycles. The van der Waals surface area contributed by atoms with Crippen molar-refractivity contribution in [3.8, 4) is 0 Å². The Morgan fingerprint density at radius 2 is 2.05 bits per heavy atom. The number of hydrogen-bond acceptors (Lipinski definition) is 5. The van der Waals surface area contributed by atoms with E-state index >= 15 is 0 Å². The number of carboxylic acids is 1. The lowest BCUT2D eigenvalue weighted by Crippen LogP contribution is -2.42. The molecule has 1 amide bonds. The molecule has 1 saturated heterocycles. The fourth-order valence-electron chi connectivity index (χ4n) is 2.82. The molecule has 1 heterocycles. The minimum atomic E-state index is -1.38. The average molecular weight is 314 g/mol. The van der Waals surface area contributed by atoms with Crippen LogP contribution in [0.4, 0.5) is 0 Å². The van der Waals surface area contributed by atoms with E-state index in [0.29, 0.717) is 31.7 Å². The summed E-state index contributed by atoms with van der Waals surface area (Å²) < 4.78 is 0. The molecule has 0 aromatic carbocycles. The van der Waals surface area contributed by atoms with Crippen molar-refractivity contribution in [3.63, 3.8) is 0 Å². The van der Waals surface area contributed by atoms with E-state index in [1.807, 2.05) is 13.8 Å². The van der Waals surface area contributed by atoms with Crippen LogP contribution in [0.1, 0.15) is 39.5 Å². The van der Waals surface area contributed by atoms with Crippen LogP contribution in [0, 0.1) is 11.8 Å². The third-order valence-electron chi connectivity index (χ3n) is 4.06. The van der Waals surface area contributed by atoms with Crippen LogP contribution in [0.2, 0.25) is 6.32 Å². The summed E-state index contributed by atoms with van der Waals surface area (Å²) in [6.45, 7) is 4.53. The number of nitrogens with one attached hydrogen (secondary N) is 2. The van der Waals surface area contributed by atoms with E-state index in [-0.39, 0.29) is 24.2 Å². The molecule has 1 aliphatic rings. The SMILES string of the molecule is CC(C)CCC(=O)NC1CN[C@H](C(=O)O)[C@@H]1CCCB(O)O. The topological polar surface area (TPSA) is 119 Å².